The average Bonchev–Trinajstić information content (AvgIpc) is 2.74. The minimum absolute atomic E-state index is 0.184. The number of fused-ring (bicyclic) bond motifs is 1. The van der Waals surface area contributed by atoms with Crippen LogP contribution < -0.4 is 10.9 Å². The molecular weight excluding hydrogens is 380 g/mol. The van der Waals surface area contributed by atoms with Gasteiger partial charge < -0.3 is 10.4 Å². The van der Waals surface area contributed by atoms with Gasteiger partial charge in [0.1, 0.15) is 5.65 Å². The number of hydrogen-bond acceptors (Lipinski definition) is 5. The van der Waals surface area contributed by atoms with E-state index >= 15 is 0 Å². The Labute approximate surface area is 172 Å². The molecule has 1 aromatic carbocycles. The largest absolute Gasteiger partial charge is 0.478 e. The van der Waals surface area contributed by atoms with Crippen molar-refractivity contribution in [3.05, 3.63) is 94.2 Å². The van der Waals surface area contributed by atoms with E-state index in [0.717, 1.165) is 16.7 Å². The summed E-state index contributed by atoms with van der Waals surface area (Å²) in [6, 6.07) is 13.5. The van der Waals surface area contributed by atoms with Crippen LogP contribution >= 0.6 is 0 Å². The summed E-state index contributed by atoms with van der Waals surface area (Å²) in [5.41, 5.74) is 4.08. The van der Waals surface area contributed by atoms with E-state index in [0.29, 0.717) is 17.0 Å². The zero-order valence-electron chi connectivity index (χ0n) is 16.5. The second-order valence-electron chi connectivity index (χ2n) is 7.10. The smallest absolute Gasteiger partial charge is 0.337 e. The summed E-state index contributed by atoms with van der Waals surface area (Å²) in [5, 5.41) is 12.7. The molecule has 0 aliphatic rings. The van der Waals surface area contributed by atoms with Crippen LogP contribution in [0.2, 0.25) is 0 Å². The number of anilines is 1. The normalized spacial score (nSPS) is 11.9. The molecule has 30 heavy (non-hydrogen) atoms. The molecule has 3 heterocycles. The van der Waals surface area contributed by atoms with E-state index < -0.39 is 5.97 Å². The summed E-state index contributed by atoms with van der Waals surface area (Å²) in [6.45, 7) is 3.82. The van der Waals surface area contributed by atoms with E-state index in [9.17, 15) is 14.7 Å². The number of nitrogens with one attached hydrogen (secondary N) is 1. The zero-order chi connectivity index (χ0) is 21.3. The molecule has 0 spiro atoms. The maximum Gasteiger partial charge on any atom is 0.337 e. The molecular formula is C23H20N4O3. The first-order chi connectivity index (χ1) is 14.4. The summed E-state index contributed by atoms with van der Waals surface area (Å²) >= 11 is 0. The molecule has 150 valence electrons. The van der Waals surface area contributed by atoms with Crippen LogP contribution in [0.25, 0.3) is 16.9 Å². The third-order valence-corrected chi connectivity index (χ3v) is 4.90. The molecule has 0 aliphatic carbocycles. The Hall–Kier alpha value is -4.00. The summed E-state index contributed by atoms with van der Waals surface area (Å²) < 4.78 is 1.52. The van der Waals surface area contributed by atoms with Gasteiger partial charge in [-0.15, -0.1) is 0 Å². The van der Waals surface area contributed by atoms with Crippen molar-refractivity contribution in [3.63, 3.8) is 0 Å². The van der Waals surface area contributed by atoms with Crippen molar-refractivity contribution in [2.75, 3.05) is 5.32 Å². The Morgan fingerprint density at radius 2 is 1.87 bits per heavy atom. The summed E-state index contributed by atoms with van der Waals surface area (Å²) in [4.78, 5) is 33.1. The molecule has 0 bridgehead atoms. The number of para-hydroxylation sites is 1. The van der Waals surface area contributed by atoms with Gasteiger partial charge >= 0.3 is 5.97 Å². The van der Waals surface area contributed by atoms with Crippen molar-refractivity contribution in [1.82, 2.24) is 14.4 Å². The molecule has 0 unspecified atom stereocenters. The maximum absolute atomic E-state index is 12.8. The van der Waals surface area contributed by atoms with Gasteiger partial charge in [0, 0.05) is 41.5 Å². The van der Waals surface area contributed by atoms with Gasteiger partial charge in [0.2, 0.25) is 0 Å². The molecule has 0 amide bonds. The van der Waals surface area contributed by atoms with Crippen molar-refractivity contribution < 1.29 is 9.90 Å². The topological polar surface area (TPSA) is 96.6 Å². The van der Waals surface area contributed by atoms with Crippen LogP contribution in [-0.4, -0.2) is 25.4 Å². The molecule has 0 aliphatic heterocycles. The number of hydrogen-bond donors (Lipinski definition) is 2. The lowest BCUT2D eigenvalue weighted by molar-refractivity contribution is 0.0698. The van der Waals surface area contributed by atoms with Crippen LogP contribution in [0.1, 0.15) is 34.5 Å². The summed E-state index contributed by atoms with van der Waals surface area (Å²) in [5.74, 6) is -1.01. The molecule has 3 aromatic heterocycles. The molecule has 1 atom stereocenters. The number of benzene rings is 1. The van der Waals surface area contributed by atoms with E-state index in [2.05, 4.69) is 10.3 Å². The van der Waals surface area contributed by atoms with Gasteiger partial charge in [-0.1, -0.05) is 12.1 Å². The van der Waals surface area contributed by atoms with E-state index in [-0.39, 0.29) is 17.2 Å². The van der Waals surface area contributed by atoms with Gasteiger partial charge in [0.05, 0.1) is 17.3 Å². The Morgan fingerprint density at radius 1 is 1.13 bits per heavy atom. The van der Waals surface area contributed by atoms with Gasteiger partial charge in [-0.3, -0.25) is 14.2 Å². The summed E-state index contributed by atoms with van der Waals surface area (Å²) in [7, 11) is 0. The first kappa shape index (κ1) is 19.3. The third kappa shape index (κ3) is 3.65. The van der Waals surface area contributed by atoms with E-state index in [1.54, 1.807) is 55.0 Å². The second-order valence-corrected chi connectivity index (χ2v) is 7.10. The van der Waals surface area contributed by atoms with Crippen LogP contribution in [0, 0.1) is 6.92 Å². The highest BCUT2D eigenvalue weighted by Crippen LogP contribution is 2.26. The van der Waals surface area contributed by atoms with Crippen LogP contribution in [0.3, 0.4) is 0 Å². The number of aryl methyl sites for hydroxylation is 1. The number of aromatic nitrogens is 3. The SMILES string of the molecule is Cc1cc([C@H](C)Nc2ccccc2C(=O)O)c2nc(-c3ccncc3)cc(=O)n2c1. The first-order valence-corrected chi connectivity index (χ1v) is 9.47. The number of carbonyl (C=O) groups is 1. The fraction of sp³-hybridized carbons (Fsp3) is 0.130. The van der Waals surface area contributed by atoms with Gasteiger partial charge in [0.25, 0.3) is 5.56 Å². The fourth-order valence-electron chi connectivity index (χ4n) is 3.47. The fourth-order valence-corrected chi connectivity index (χ4v) is 3.47. The van der Waals surface area contributed by atoms with E-state index in [1.807, 2.05) is 19.9 Å². The van der Waals surface area contributed by atoms with Gasteiger partial charge in [-0.05, 0) is 49.7 Å². The lowest BCUT2D eigenvalue weighted by Crippen LogP contribution is -2.19. The Kier molecular flexibility index (Phi) is 5.02. The number of pyridine rings is 2. The minimum Gasteiger partial charge on any atom is -0.478 e. The van der Waals surface area contributed by atoms with Crippen molar-refractivity contribution in [3.8, 4) is 11.3 Å². The second kappa shape index (κ2) is 7.79. The monoisotopic (exact) mass is 400 g/mol. The van der Waals surface area contributed by atoms with Crippen LogP contribution in [0.4, 0.5) is 5.69 Å². The van der Waals surface area contributed by atoms with Crippen LogP contribution in [0.5, 0.6) is 0 Å². The molecule has 0 saturated carbocycles. The zero-order valence-corrected chi connectivity index (χ0v) is 16.5. The average molecular weight is 400 g/mol. The predicted octanol–water partition coefficient (Wildman–Crippen LogP) is 3.94. The molecule has 7 heteroatoms. The predicted molar refractivity (Wildman–Crippen MR) is 115 cm³/mol. The Bertz CT molecular complexity index is 1300. The summed E-state index contributed by atoms with van der Waals surface area (Å²) in [6.07, 6.45) is 5.06. The Balaban J connectivity index is 1.85. The van der Waals surface area contributed by atoms with Crippen molar-refractivity contribution >= 4 is 17.3 Å². The highest BCUT2D eigenvalue weighted by Gasteiger charge is 2.17. The van der Waals surface area contributed by atoms with Gasteiger partial charge in [-0.2, -0.15) is 0 Å². The highest BCUT2D eigenvalue weighted by atomic mass is 16.4. The van der Waals surface area contributed by atoms with Crippen LogP contribution in [-0.2, 0) is 0 Å². The quantitative estimate of drug-likeness (QED) is 0.527. The first-order valence-electron chi connectivity index (χ1n) is 9.47. The van der Waals surface area contributed by atoms with Crippen molar-refractivity contribution in [2.45, 2.75) is 19.9 Å². The van der Waals surface area contributed by atoms with Gasteiger partial charge in [-0.25, -0.2) is 9.78 Å². The van der Waals surface area contributed by atoms with E-state index in [4.69, 9.17) is 4.98 Å². The molecule has 0 fully saturated rings. The number of nitrogens with zero attached hydrogens (tertiary/aromatic N) is 3. The number of rotatable bonds is 5. The molecule has 0 radical (unpaired) electrons. The molecule has 7 nitrogen and oxygen atoms in total. The Morgan fingerprint density at radius 3 is 2.60 bits per heavy atom. The van der Waals surface area contributed by atoms with E-state index in [1.165, 1.54) is 10.5 Å². The van der Waals surface area contributed by atoms with Crippen LogP contribution in [0.15, 0.2) is 71.9 Å². The van der Waals surface area contributed by atoms with Gasteiger partial charge in [0.15, 0.2) is 0 Å². The van der Waals surface area contributed by atoms with Crippen molar-refractivity contribution in [2.24, 2.45) is 0 Å². The molecule has 4 rings (SSSR count). The van der Waals surface area contributed by atoms with Crippen molar-refractivity contribution in [1.29, 1.82) is 0 Å². The maximum atomic E-state index is 12.8. The highest BCUT2D eigenvalue weighted by molar-refractivity contribution is 5.94. The molecule has 2 N–H and O–H groups in total. The lowest BCUT2D eigenvalue weighted by Gasteiger charge is -2.20. The third-order valence-electron chi connectivity index (χ3n) is 4.90. The lowest BCUT2D eigenvalue weighted by atomic mass is 10.1. The molecule has 0 saturated heterocycles. The molecule has 4 aromatic rings. The minimum atomic E-state index is -1.01. The number of carboxylic acids is 1. The standard InChI is InChI=1S/C23H20N4O3/c1-14-11-18(15(2)25-19-6-4-3-5-17(19)23(29)30)22-26-20(12-21(28)27(22)13-14)16-7-9-24-10-8-16/h3-13,15,25H,1-2H3,(H,29,30)/t15-/m0/s1. The number of carboxylic acid groups (broad SMARTS) is 1. The number of aromatic carboxylic acids is 1.